The highest BCUT2D eigenvalue weighted by Gasteiger charge is 2.09. The Morgan fingerprint density at radius 1 is 1.14 bits per heavy atom. The van der Waals surface area contributed by atoms with E-state index in [0.717, 1.165) is 30.2 Å². The number of benzene rings is 1. The van der Waals surface area contributed by atoms with Crippen LogP contribution in [0.5, 0.6) is 0 Å². The quantitative estimate of drug-likeness (QED) is 0.644. The van der Waals surface area contributed by atoms with Crippen molar-refractivity contribution in [2.75, 3.05) is 19.6 Å². The lowest BCUT2D eigenvalue weighted by Gasteiger charge is -2.07. The second kappa shape index (κ2) is 8.56. The lowest BCUT2D eigenvalue weighted by atomic mass is 10.2. The molecule has 0 saturated carbocycles. The molecule has 2 aromatic rings. The second-order valence-corrected chi connectivity index (χ2v) is 5.96. The lowest BCUT2D eigenvalue weighted by Crippen LogP contribution is -2.31. The molecule has 0 aliphatic carbocycles. The largest absolute Gasteiger partial charge is 0.460 e. The first kappa shape index (κ1) is 17.3. The van der Waals surface area contributed by atoms with Gasteiger partial charge in [0.05, 0.1) is 17.7 Å². The number of furan rings is 1. The van der Waals surface area contributed by atoms with Gasteiger partial charge < -0.3 is 20.2 Å². The van der Waals surface area contributed by atoms with Gasteiger partial charge in [0.1, 0.15) is 11.5 Å². The first-order valence-corrected chi connectivity index (χ1v) is 7.95. The van der Waals surface area contributed by atoms with Crippen LogP contribution in [0.25, 0.3) is 11.3 Å². The van der Waals surface area contributed by atoms with Crippen LogP contribution in [0.15, 0.2) is 34.7 Å². The number of rotatable bonds is 8. The van der Waals surface area contributed by atoms with E-state index in [9.17, 15) is 0 Å². The van der Waals surface area contributed by atoms with Crippen LogP contribution in [-0.4, -0.2) is 30.8 Å². The molecular formula is C16H20Cl2N2O2. The lowest BCUT2D eigenvalue weighted by molar-refractivity contribution is 0.191. The molecule has 0 radical (unpaired) electrons. The van der Waals surface area contributed by atoms with Gasteiger partial charge in [-0.05, 0) is 37.3 Å². The molecule has 0 aliphatic heterocycles. The van der Waals surface area contributed by atoms with Crippen molar-refractivity contribution in [3.63, 3.8) is 0 Å². The summed E-state index contributed by atoms with van der Waals surface area (Å²) in [5.74, 6) is 1.57. The molecule has 0 saturated heterocycles. The molecule has 0 bridgehead atoms. The Kier molecular flexibility index (Phi) is 6.73. The van der Waals surface area contributed by atoms with E-state index in [-0.39, 0.29) is 6.10 Å². The summed E-state index contributed by atoms with van der Waals surface area (Å²) >= 11 is 12.1. The van der Waals surface area contributed by atoms with Crippen molar-refractivity contribution < 1.29 is 9.52 Å². The third-order valence-electron chi connectivity index (χ3n) is 3.08. The smallest absolute Gasteiger partial charge is 0.135 e. The summed E-state index contributed by atoms with van der Waals surface area (Å²) in [4.78, 5) is 0. The van der Waals surface area contributed by atoms with Crippen molar-refractivity contribution >= 4 is 23.2 Å². The summed E-state index contributed by atoms with van der Waals surface area (Å²) in [5, 5.41) is 16.7. The van der Waals surface area contributed by atoms with E-state index in [0.29, 0.717) is 23.1 Å². The summed E-state index contributed by atoms with van der Waals surface area (Å²) in [7, 11) is 0. The zero-order valence-corrected chi connectivity index (χ0v) is 13.9. The van der Waals surface area contributed by atoms with Gasteiger partial charge in [0.15, 0.2) is 0 Å². The topological polar surface area (TPSA) is 57.4 Å². The van der Waals surface area contributed by atoms with E-state index in [2.05, 4.69) is 10.6 Å². The third-order valence-corrected chi connectivity index (χ3v) is 3.62. The van der Waals surface area contributed by atoms with Crippen LogP contribution in [0, 0.1) is 0 Å². The predicted octanol–water partition coefficient (Wildman–Crippen LogP) is 3.31. The number of nitrogens with one attached hydrogen (secondary N) is 2. The molecule has 2 rings (SSSR count). The van der Waals surface area contributed by atoms with Gasteiger partial charge in [0.25, 0.3) is 0 Å². The summed E-state index contributed by atoms with van der Waals surface area (Å²) in [6, 6.07) is 9.17. The van der Waals surface area contributed by atoms with Gasteiger partial charge in [0.2, 0.25) is 0 Å². The Labute approximate surface area is 140 Å². The van der Waals surface area contributed by atoms with Crippen LogP contribution < -0.4 is 10.6 Å². The van der Waals surface area contributed by atoms with Crippen molar-refractivity contribution in [1.29, 1.82) is 0 Å². The van der Waals surface area contributed by atoms with Crippen LogP contribution in [0.2, 0.25) is 10.0 Å². The van der Waals surface area contributed by atoms with Gasteiger partial charge in [-0.1, -0.05) is 23.2 Å². The molecule has 1 heterocycles. The minimum atomic E-state index is -0.322. The fourth-order valence-electron chi connectivity index (χ4n) is 2.01. The van der Waals surface area contributed by atoms with Gasteiger partial charge in [-0.2, -0.15) is 0 Å². The van der Waals surface area contributed by atoms with Crippen molar-refractivity contribution in [2.45, 2.75) is 19.6 Å². The van der Waals surface area contributed by atoms with Gasteiger partial charge in [-0.25, -0.2) is 0 Å². The van der Waals surface area contributed by atoms with Gasteiger partial charge >= 0.3 is 0 Å². The maximum atomic E-state index is 9.12. The van der Waals surface area contributed by atoms with E-state index in [1.807, 2.05) is 18.2 Å². The molecule has 3 N–H and O–H groups in total. The zero-order valence-electron chi connectivity index (χ0n) is 12.4. The Morgan fingerprint density at radius 3 is 2.64 bits per heavy atom. The Bertz CT molecular complexity index is 600. The van der Waals surface area contributed by atoms with Crippen molar-refractivity contribution in [3.05, 3.63) is 46.1 Å². The normalized spacial score (nSPS) is 12.5. The highest BCUT2D eigenvalue weighted by Crippen LogP contribution is 2.31. The molecule has 22 heavy (non-hydrogen) atoms. The van der Waals surface area contributed by atoms with Gasteiger partial charge in [0, 0.05) is 30.2 Å². The van der Waals surface area contributed by atoms with Crippen LogP contribution in [0.4, 0.5) is 0 Å². The first-order valence-electron chi connectivity index (χ1n) is 7.20. The summed E-state index contributed by atoms with van der Waals surface area (Å²) in [6.07, 6.45) is -0.322. The molecular weight excluding hydrogens is 323 g/mol. The van der Waals surface area contributed by atoms with Crippen molar-refractivity contribution in [2.24, 2.45) is 0 Å². The van der Waals surface area contributed by atoms with E-state index >= 15 is 0 Å². The number of halogens is 2. The van der Waals surface area contributed by atoms with E-state index in [4.69, 9.17) is 32.7 Å². The third kappa shape index (κ3) is 5.30. The second-order valence-electron chi connectivity index (χ2n) is 5.12. The Hall–Kier alpha value is -1.04. The van der Waals surface area contributed by atoms with E-state index < -0.39 is 0 Å². The molecule has 0 aliphatic rings. The molecule has 120 valence electrons. The Morgan fingerprint density at radius 2 is 1.91 bits per heavy atom. The minimum absolute atomic E-state index is 0.322. The monoisotopic (exact) mass is 342 g/mol. The van der Waals surface area contributed by atoms with Crippen LogP contribution in [-0.2, 0) is 6.54 Å². The Balaban J connectivity index is 1.81. The molecule has 1 aromatic heterocycles. The molecule has 0 amide bonds. The van der Waals surface area contributed by atoms with Crippen LogP contribution in [0.3, 0.4) is 0 Å². The van der Waals surface area contributed by atoms with Crippen LogP contribution >= 0.6 is 23.2 Å². The summed E-state index contributed by atoms with van der Waals surface area (Å²) in [5.41, 5.74) is 0.830. The molecule has 0 fully saturated rings. The molecule has 0 unspecified atom stereocenters. The molecule has 0 spiro atoms. The fourth-order valence-corrected chi connectivity index (χ4v) is 2.51. The zero-order chi connectivity index (χ0) is 15.9. The highest BCUT2D eigenvalue weighted by molar-refractivity contribution is 6.36. The van der Waals surface area contributed by atoms with E-state index in [1.54, 1.807) is 19.1 Å². The summed E-state index contributed by atoms with van der Waals surface area (Å²) in [6.45, 7) is 4.59. The molecule has 1 atom stereocenters. The number of hydrogen-bond acceptors (Lipinski definition) is 4. The fraction of sp³-hybridized carbons (Fsp3) is 0.375. The average molecular weight is 343 g/mol. The standard InChI is InChI=1S/C16H20Cl2N2O2/c1-11(21)9-19-6-7-20-10-13-3-5-16(22-13)14-4-2-12(17)8-15(14)18/h2-5,8,11,19-21H,6-7,9-10H2,1H3/t11-/m1/s1. The number of aliphatic hydroxyl groups is 1. The maximum Gasteiger partial charge on any atom is 0.135 e. The highest BCUT2D eigenvalue weighted by atomic mass is 35.5. The minimum Gasteiger partial charge on any atom is -0.460 e. The average Bonchev–Trinajstić information content (AvgIpc) is 2.91. The number of hydrogen-bond donors (Lipinski definition) is 3. The first-order chi connectivity index (χ1) is 10.6. The summed E-state index contributed by atoms with van der Waals surface area (Å²) < 4.78 is 5.78. The van der Waals surface area contributed by atoms with E-state index in [1.165, 1.54) is 0 Å². The van der Waals surface area contributed by atoms with Crippen molar-refractivity contribution in [1.82, 2.24) is 10.6 Å². The molecule has 4 nitrogen and oxygen atoms in total. The predicted molar refractivity (Wildman–Crippen MR) is 90.4 cm³/mol. The van der Waals surface area contributed by atoms with Gasteiger partial charge in [-0.3, -0.25) is 0 Å². The molecule has 1 aromatic carbocycles. The van der Waals surface area contributed by atoms with Gasteiger partial charge in [-0.15, -0.1) is 0 Å². The maximum absolute atomic E-state index is 9.12. The van der Waals surface area contributed by atoms with Crippen molar-refractivity contribution in [3.8, 4) is 11.3 Å². The SMILES string of the molecule is C[C@@H](O)CNCCNCc1ccc(-c2ccc(Cl)cc2Cl)o1. The molecule has 6 heteroatoms. The number of aliphatic hydroxyl groups excluding tert-OH is 1. The van der Waals surface area contributed by atoms with Crippen LogP contribution in [0.1, 0.15) is 12.7 Å².